The number of rotatable bonds is 7. The number of aliphatic carboxylic acids is 1. The Morgan fingerprint density at radius 3 is 2.22 bits per heavy atom. The Hall–Kier alpha value is -2.37. The molecular weight excluding hydrogens is 320 g/mol. The van der Waals surface area contributed by atoms with Gasteiger partial charge < -0.3 is 14.9 Å². The second-order valence-corrected chi connectivity index (χ2v) is 5.37. The molecule has 23 heavy (non-hydrogen) atoms. The highest BCUT2D eigenvalue weighted by molar-refractivity contribution is 6.32. The molecule has 0 fully saturated rings. The largest absolute Gasteiger partial charge is 0.489 e. The van der Waals surface area contributed by atoms with Crippen molar-refractivity contribution in [1.82, 2.24) is 0 Å². The van der Waals surface area contributed by atoms with E-state index in [1.165, 1.54) is 0 Å². The van der Waals surface area contributed by atoms with E-state index >= 15 is 0 Å². The summed E-state index contributed by atoms with van der Waals surface area (Å²) in [6.07, 6.45) is -1.61. The van der Waals surface area contributed by atoms with E-state index in [-0.39, 0.29) is 0 Å². The summed E-state index contributed by atoms with van der Waals surface area (Å²) in [6, 6.07) is 13.8. The zero-order valence-corrected chi connectivity index (χ0v) is 12.9. The fraction of sp³-hybridized carbons (Fsp3) is 0.176. The molecule has 0 aliphatic heterocycles. The van der Waals surface area contributed by atoms with E-state index in [0.717, 1.165) is 5.56 Å². The van der Waals surface area contributed by atoms with Crippen molar-refractivity contribution in [3.05, 3.63) is 64.7 Å². The van der Waals surface area contributed by atoms with Gasteiger partial charge in [-0.25, -0.2) is 4.79 Å². The molecule has 5 nitrogen and oxygen atoms in total. The van der Waals surface area contributed by atoms with Crippen LogP contribution in [0.4, 0.5) is 0 Å². The number of Topliss-reactive ketones (excluding diaryl/α,β-unsaturated/α-hetero) is 1. The number of ketones is 1. The molecule has 120 valence electrons. The van der Waals surface area contributed by atoms with Gasteiger partial charge in [0.25, 0.3) is 0 Å². The van der Waals surface area contributed by atoms with E-state index in [2.05, 4.69) is 0 Å². The lowest BCUT2D eigenvalue weighted by Crippen LogP contribution is -2.16. The van der Waals surface area contributed by atoms with Crippen molar-refractivity contribution in [3.8, 4) is 5.75 Å². The molecule has 0 aliphatic carbocycles. The molecule has 0 heterocycles. The lowest BCUT2D eigenvalue weighted by atomic mass is 10.0. The summed E-state index contributed by atoms with van der Waals surface area (Å²) in [6.45, 7) is 0.372. The molecule has 0 aliphatic rings. The summed E-state index contributed by atoms with van der Waals surface area (Å²) in [5.74, 6) is -1.98. The van der Waals surface area contributed by atoms with Crippen molar-refractivity contribution in [2.45, 2.75) is 19.1 Å². The average molecular weight is 335 g/mol. The monoisotopic (exact) mass is 334 g/mol. The minimum absolute atomic E-state index is 0.372. The molecule has 0 amide bonds. The fourth-order valence-corrected chi connectivity index (χ4v) is 2.04. The van der Waals surface area contributed by atoms with Crippen molar-refractivity contribution >= 4 is 23.4 Å². The third kappa shape index (κ3) is 5.09. The number of aliphatic hydroxyl groups is 1. The lowest BCUT2D eigenvalue weighted by Gasteiger charge is -2.11. The standard InChI is InChI=1S/C17H15ClO5/c18-13-5-1-11(2-6-13)10-23-14-7-3-12(4-8-14)15(19)9-16(20)17(21)22/h1-8,15,19H,9-10H2,(H,21,22). The van der Waals surface area contributed by atoms with Crippen LogP contribution in [0.25, 0.3) is 0 Å². The number of carboxylic acid groups (broad SMARTS) is 1. The number of hydrogen-bond acceptors (Lipinski definition) is 4. The lowest BCUT2D eigenvalue weighted by molar-refractivity contribution is -0.150. The van der Waals surface area contributed by atoms with Crippen molar-refractivity contribution in [2.75, 3.05) is 0 Å². The summed E-state index contributed by atoms with van der Waals surface area (Å²) in [7, 11) is 0. The van der Waals surface area contributed by atoms with Gasteiger partial charge in [0.2, 0.25) is 5.78 Å². The Balaban J connectivity index is 1.92. The zero-order chi connectivity index (χ0) is 16.8. The predicted molar refractivity (Wildman–Crippen MR) is 84.4 cm³/mol. The van der Waals surface area contributed by atoms with Crippen molar-refractivity contribution in [3.63, 3.8) is 0 Å². The molecule has 0 saturated heterocycles. The first-order chi connectivity index (χ1) is 11.0. The highest BCUT2D eigenvalue weighted by atomic mass is 35.5. The first-order valence-corrected chi connectivity index (χ1v) is 7.25. The van der Waals surface area contributed by atoms with Crippen LogP contribution < -0.4 is 4.74 Å². The SMILES string of the molecule is O=C(O)C(=O)CC(O)c1ccc(OCc2ccc(Cl)cc2)cc1. The Bertz CT molecular complexity index is 679. The number of carbonyl (C=O) groups excluding carboxylic acids is 1. The van der Waals surface area contributed by atoms with Gasteiger partial charge in [0, 0.05) is 11.4 Å². The van der Waals surface area contributed by atoms with Crippen LogP contribution in [0.15, 0.2) is 48.5 Å². The maximum Gasteiger partial charge on any atom is 0.372 e. The van der Waals surface area contributed by atoms with Crippen LogP contribution in [0.1, 0.15) is 23.7 Å². The summed E-state index contributed by atoms with van der Waals surface area (Å²) in [5, 5.41) is 19.0. The van der Waals surface area contributed by atoms with Gasteiger partial charge in [0.1, 0.15) is 12.4 Å². The third-order valence-corrected chi connectivity index (χ3v) is 3.45. The molecule has 1 unspecified atom stereocenters. The minimum Gasteiger partial charge on any atom is -0.489 e. The molecule has 0 bridgehead atoms. The van der Waals surface area contributed by atoms with Crippen molar-refractivity contribution in [1.29, 1.82) is 0 Å². The summed E-state index contributed by atoms with van der Waals surface area (Å²) in [5.41, 5.74) is 1.42. The second-order valence-electron chi connectivity index (χ2n) is 4.93. The first-order valence-electron chi connectivity index (χ1n) is 6.87. The molecule has 6 heteroatoms. The summed E-state index contributed by atoms with van der Waals surface area (Å²) in [4.78, 5) is 21.6. The Morgan fingerprint density at radius 2 is 1.65 bits per heavy atom. The zero-order valence-electron chi connectivity index (χ0n) is 12.1. The van der Waals surface area contributed by atoms with Gasteiger partial charge in [0.05, 0.1) is 6.10 Å². The minimum atomic E-state index is -1.55. The number of carbonyl (C=O) groups is 2. The van der Waals surface area contributed by atoms with Gasteiger partial charge in [-0.15, -0.1) is 0 Å². The maximum absolute atomic E-state index is 11.1. The highest BCUT2D eigenvalue weighted by Gasteiger charge is 2.18. The van der Waals surface area contributed by atoms with Crippen molar-refractivity contribution < 1.29 is 24.5 Å². The first kappa shape index (κ1) is 17.0. The van der Waals surface area contributed by atoms with E-state index < -0.39 is 24.3 Å². The van der Waals surface area contributed by atoms with Gasteiger partial charge in [0.15, 0.2) is 0 Å². The molecule has 2 N–H and O–H groups in total. The molecule has 2 rings (SSSR count). The van der Waals surface area contributed by atoms with Crippen LogP contribution in [0.2, 0.25) is 5.02 Å². The molecule has 0 saturated carbocycles. The molecule has 0 radical (unpaired) electrons. The highest BCUT2D eigenvalue weighted by Crippen LogP contribution is 2.21. The Kier molecular flexibility index (Phi) is 5.73. The smallest absolute Gasteiger partial charge is 0.372 e. The Labute approximate surface area is 138 Å². The molecule has 1 atom stereocenters. The van der Waals surface area contributed by atoms with E-state index in [1.807, 2.05) is 12.1 Å². The number of benzene rings is 2. The van der Waals surface area contributed by atoms with Crippen LogP contribution in [0.3, 0.4) is 0 Å². The average Bonchev–Trinajstić information content (AvgIpc) is 2.54. The molecule has 2 aromatic carbocycles. The second kappa shape index (κ2) is 7.76. The Morgan fingerprint density at radius 1 is 1.04 bits per heavy atom. The number of carboxylic acids is 1. The molecule has 0 spiro atoms. The van der Waals surface area contributed by atoms with Crippen LogP contribution in [-0.2, 0) is 16.2 Å². The number of ether oxygens (including phenoxy) is 1. The van der Waals surface area contributed by atoms with Crippen LogP contribution in [0, 0.1) is 0 Å². The summed E-state index contributed by atoms with van der Waals surface area (Å²) >= 11 is 5.81. The van der Waals surface area contributed by atoms with E-state index in [4.69, 9.17) is 21.4 Å². The van der Waals surface area contributed by atoms with Gasteiger partial charge in [-0.05, 0) is 35.4 Å². The van der Waals surface area contributed by atoms with Crippen LogP contribution in [-0.4, -0.2) is 22.0 Å². The van der Waals surface area contributed by atoms with Gasteiger partial charge in [-0.2, -0.15) is 0 Å². The van der Waals surface area contributed by atoms with Crippen molar-refractivity contribution in [2.24, 2.45) is 0 Å². The predicted octanol–water partition coefficient (Wildman–Crippen LogP) is 3.00. The van der Waals surface area contributed by atoms with E-state index in [0.29, 0.717) is 22.9 Å². The fourth-order valence-electron chi connectivity index (χ4n) is 1.91. The normalized spacial score (nSPS) is 11.7. The van der Waals surface area contributed by atoms with E-state index in [1.54, 1.807) is 36.4 Å². The van der Waals surface area contributed by atoms with Crippen LogP contribution >= 0.6 is 11.6 Å². The van der Waals surface area contributed by atoms with E-state index in [9.17, 15) is 14.7 Å². The summed E-state index contributed by atoms with van der Waals surface area (Å²) < 4.78 is 5.60. The topological polar surface area (TPSA) is 83.8 Å². The maximum atomic E-state index is 11.1. The number of halogens is 1. The quantitative estimate of drug-likeness (QED) is 0.760. The van der Waals surface area contributed by atoms with Gasteiger partial charge >= 0.3 is 5.97 Å². The molecule has 0 aromatic heterocycles. The molecular formula is C17H15ClO5. The van der Waals surface area contributed by atoms with Gasteiger partial charge in [-0.3, -0.25) is 4.79 Å². The number of hydrogen-bond donors (Lipinski definition) is 2. The van der Waals surface area contributed by atoms with Gasteiger partial charge in [-0.1, -0.05) is 35.9 Å². The van der Waals surface area contributed by atoms with Crippen LogP contribution in [0.5, 0.6) is 5.75 Å². The third-order valence-electron chi connectivity index (χ3n) is 3.20. The number of aliphatic hydroxyl groups excluding tert-OH is 1. The molecule has 2 aromatic rings.